The van der Waals surface area contributed by atoms with Crippen LogP contribution in [-0.4, -0.2) is 57.6 Å². The lowest BCUT2D eigenvalue weighted by Gasteiger charge is -2.27. The highest BCUT2D eigenvalue weighted by Gasteiger charge is 2.17. The predicted octanol–water partition coefficient (Wildman–Crippen LogP) is 2.80. The van der Waals surface area contributed by atoms with E-state index >= 15 is 0 Å². The zero-order valence-electron chi connectivity index (χ0n) is 17.6. The van der Waals surface area contributed by atoms with E-state index in [1.54, 1.807) is 6.26 Å². The molecule has 9 heteroatoms. The standard InChI is InChI=1S/C22H27N5O3S/c1-2-27-21(19-8-5-11-30-19)24-25-22(27)31-16-20(28)23-14-17-6-3-4-7-18(17)15-26-9-12-29-13-10-26/h3-8,11H,2,9-10,12-16H2,1H3,(H,23,28). The van der Waals surface area contributed by atoms with E-state index in [1.807, 2.05) is 35.8 Å². The summed E-state index contributed by atoms with van der Waals surface area (Å²) in [6, 6.07) is 11.9. The monoisotopic (exact) mass is 441 g/mol. The summed E-state index contributed by atoms with van der Waals surface area (Å²) in [5, 5.41) is 12.2. The van der Waals surface area contributed by atoms with Gasteiger partial charge in [0.1, 0.15) is 0 Å². The van der Waals surface area contributed by atoms with E-state index in [4.69, 9.17) is 9.15 Å². The van der Waals surface area contributed by atoms with Gasteiger partial charge in [-0.3, -0.25) is 14.3 Å². The molecule has 1 aromatic carbocycles. The number of nitrogens with zero attached hydrogens (tertiary/aromatic N) is 4. The van der Waals surface area contributed by atoms with Crippen LogP contribution in [0.15, 0.2) is 52.2 Å². The van der Waals surface area contributed by atoms with E-state index in [-0.39, 0.29) is 11.7 Å². The van der Waals surface area contributed by atoms with Crippen LogP contribution in [0.5, 0.6) is 0 Å². The fraction of sp³-hybridized carbons (Fsp3) is 0.409. The van der Waals surface area contributed by atoms with Gasteiger partial charge in [0.25, 0.3) is 0 Å². The molecule has 4 rings (SSSR count). The van der Waals surface area contributed by atoms with Crippen LogP contribution in [0.3, 0.4) is 0 Å². The Hall–Kier alpha value is -2.62. The molecule has 0 unspecified atom stereocenters. The van der Waals surface area contributed by atoms with Gasteiger partial charge in [0.05, 0.1) is 25.2 Å². The molecule has 0 radical (unpaired) electrons. The third-order valence-corrected chi connectivity index (χ3v) is 6.17. The van der Waals surface area contributed by atoms with E-state index < -0.39 is 0 Å². The molecule has 1 saturated heterocycles. The van der Waals surface area contributed by atoms with Gasteiger partial charge in [-0.2, -0.15) is 0 Å². The molecule has 8 nitrogen and oxygen atoms in total. The number of benzene rings is 1. The average molecular weight is 442 g/mol. The number of nitrogens with one attached hydrogen (secondary N) is 1. The molecule has 3 heterocycles. The maximum atomic E-state index is 12.5. The molecular formula is C22H27N5O3S. The van der Waals surface area contributed by atoms with Crippen LogP contribution in [0.2, 0.25) is 0 Å². The summed E-state index contributed by atoms with van der Waals surface area (Å²) >= 11 is 1.38. The molecule has 1 fully saturated rings. The molecular weight excluding hydrogens is 414 g/mol. The van der Waals surface area contributed by atoms with Crippen LogP contribution >= 0.6 is 11.8 Å². The number of aromatic nitrogens is 3. The minimum atomic E-state index is -0.0311. The molecule has 0 saturated carbocycles. The van der Waals surface area contributed by atoms with Gasteiger partial charge >= 0.3 is 0 Å². The summed E-state index contributed by atoms with van der Waals surface area (Å²) in [7, 11) is 0. The first-order valence-corrected chi connectivity index (χ1v) is 11.5. The van der Waals surface area contributed by atoms with Gasteiger partial charge in [0.15, 0.2) is 16.7 Å². The van der Waals surface area contributed by atoms with Crippen LogP contribution in [0.4, 0.5) is 0 Å². The van der Waals surface area contributed by atoms with E-state index in [1.165, 1.54) is 17.3 Å². The summed E-state index contributed by atoms with van der Waals surface area (Å²) in [5.41, 5.74) is 2.38. The summed E-state index contributed by atoms with van der Waals surface area (Å²) in [5.74, 6) is 1.59. The maximum absolute atomic E-state index is 12.5. The number of carbonyl (C=O) groups excluding carboxylic acids is 1. The molecule has 2 aromatic heterocycles. The summed E-state index contributed by atoms with van der Waals surface area (Å²) in [6.45, 7) is 7.54. The first kappa shape index (κ1) is 21.6. The van der Waals surface area contributed by atoms with Crippen molar-refractivity contribution >= 4 is 17.7 Å². The quantitative estimate of drug-likeness (QED) is 0.511. The molecule has 31 heavy (non-hydrogen) atoms. The maximum Gasteiger partial charge on any atom is 0.230 e. The van der Waals surface area contributed by atoms with Gasteiger partial charge in [-0.15, -0.1) is 10.2 Å². The largest absolute Gasteiger partial charge is 0.461 e. The molecule has 1 N–H and O–H groups in total. The van der Waals surface area contributed by atoms with Gasteiger partial charge in [0.2, 0.25) is 5.91 Å². The van der Waals surface area contributed by atoms with Crippen LogP contribution in [0.25, 0.3) is 11.6 Å². The normalized spacial score (nSPS) is 14.6. The second-order valence-electron chi connectivity index (χ2n) is 7.25. The third kappa shape index (κ3) is 5.55. The minimum absolute atomic E-state index is 0.0311. The van der Waals surface area contributed by atoms with E-state index in [0.29, 0.717) is 29.8 Å². The van der Waals surface area contributed by atoms with Crippen molar-refractivity contribution in [2.75, 3.05) is 32.1 Å². The van der Waals surface area contributed by atoms with Crippen molar-refractivity contribution in [2.45, 2.75) is 31.7 Å². The molecule has 1 aliphatic rings. The predicted molar refractivity (Wildman–Crippen MR) is 119 cm³/mol. The van der Waals surface area contributed by atoms with Gasteiger partial charge in [-0.25, -0.2) is 0 Å². The van der Waals surface area contributed by atoms with Crippen LogP contribution < -0.4 is 5.32 Å². The number of hydrogen-bond donors (Lipinski definition) is 1. The van der Waals surface area contributed by atoms with Gasteiger partial charge in [-0.1, -0.05) is 36.0 Å². The summed E-state index contributed by atoms with van der Waals surface area (Å²) in [4.78, 5) is 14.9. The zero-order chi connectivity index (χ0) is 21.5. The highest BCUT2D eigenvalue weighted by atomic mass is 32.2. The number of amides is 1. The van der Waals surface area contributed by atoms with Gasteiger partial charge < -0.3 is 14.5 Å². The first-order chi connectivity index (χ1) is 15.2. The lowest BCUT2D eigenvalue weighted by molar-refractivity contribution is -0.118. The molecule has 0 bridgehead atoms. The average Bonchev–Trinajstić information content (AvgIpc) is 3.47. The smallest absolute Gasteiger partial charge is 0.230 e. The highest BCUT2D eigenvalue weighted by Crippen LogP contribution is 2.24. The lowest BCUT2D eigenvalue weighted by Crippen LogP contribution is -2.36. The van der Waals surface area contributed by atoms with Crippen molar-refractivity contribution in [1.82, 2.24) is 25.0 Å². The number of ether oxygens (including phenoxy) is 1. The lowest BCUT2D eigenvalue weighted by atomic mass is 10.1. The van der Waals surface area contributed by atoms with Crippen LogP contribution in [-0.2, 0) is 29.2 Å². The second kappa shape index (κ2) is 10.6. The van der Waals surface area contributed by atoms with E-state index in [2.05, 4.69) is 32.5 Å². The fourth-order valence-electron chi connectivity index (χ4n) is 3.53. The fourth-order valence-corrected chi connectivity index (χ4v) is 4.36. The molecule has 164 valence electrons. The SMILES string of the molecule is CCn1c(SCC(=O)NCc2ccccc2CN2CCOCC2)nnc1-c1ccco1. The Morgan fingerprint density at radius 2 is 1.94 bits per heavy atom. The van der Waals surface area contributed by atoms with Crippen molar-refractivity contribution in [3.63, 3.8) is 0 Å². The molecule has 3 aromatic rings. The van der Waals surface area contributed by atoms with Crippen molar-refractivity contribution < 1.29 is 13.9 Å². The third-order valence-electron chi connectivity index (χ3n) is 5.20. The van der Waals surface area contributed by atoms with Crippen LogP contribution in [0, 0.1) is 0 Å². The summed E-state index contributed by atoms with van der Waals surface area (Å²) < 4.78 is 12.8. The van der Waals surface area contributed by atoms with Gasteiger partial charge in [0, 0.05) is 32.7 Å². The zero-order valence-corrected chi connectivity index (χ0v) is 18.4. The Labute approximate surface area is 186 Å². The second-order valence-corrected chi connectivity index (χ2v) is 8.19. The number of thioether (sulfide) groups is 1. The van der Waals surface area contributed by atoms with Crippen molar-refractivity contribution in [3.05, 3.63) is 53.8 Å². The number of hydrogen-bond acceptors (Lipinski definition) is 7. The topological polar surface area (TPSA) is 85.4 Å². The van der Waals surface area contributed by atoms with E-state index in [9.17, 15) is 4.79 Å². The van der Waals surface area contributed by atoms with Crippen molar-refractivity contribution in [2.24, 2.45) is 0 Å². The Balaban J connectivity index is 1.31. The van der Waals surface area contributed by atoms with Gasteiger partial charge in [-0.05, 0) is 30.2 Å². The molecule has 0 aliphatic carbocycles. The van der Waals surface area contributed by atoms with Crippen molar-refractivity contribution in [3.8, 4) is 11.6 Å². The molecule has 0 spiro atoms. The number of carbonyl (C=O) groups is 1. The Bertz CT molecular complexity index is 983. The summed E-state index contributed by atoms with van der Waals surface area (Å²) in [6.07, 6.45) is 1.61. The first-order valence-electron chi connectivity index (χ1n) is 10.5. The van der Waals surface area contributed by atoms with Crippen LogP contribution in [0.1, 0.15) is 18.1 Å². The van der Waals surface area contributed by atoms with E-state index in [0.717, 1.165) is 38.4 Å². The number of rotatable bonds is 9. The highest BCUT2D eigenvalue weighted by molar-refractivity contribution is 7.99. The molecule has 1 aliphatic heterocycles. The Kier molecular flexibility index (Phi) is 7.39. The van der Waals surface area contributed by atoms with Crippen molar-refractivity contribution in [1.29, 1.82) is 0 Å². The molecule has 1 amide bonds. The molecule has 0 atom stereocenters. The Morgan fingerprint density at radius 1 is 1.13 bits per heavy atom. The Morgan fingerprint density at radius 3 is 2.68 bits per heavy atom. The number of morpholine rings is 1. The minimum Gasteiger partial charge on any atom is -0.461 e. The number of furan rings is 1.